The molecule has 0 aromatic carbocycles. The van der Waals surface area contributed by atoms with Gasteiger partial charge in [-0.1, -0.05) is 20.8 Å². The number of halogens is 2. The highest BCUT2D eigenvalue weighted by atomic mass is 19.3. The lowest BCUT2D eigenvalue weighted by molar-refractivity contribution is -0.154. The van der Waals surface area contributed by atoms with Crippen molar-refractivity contribution in [3.63, 3.8) is 0 Å². The van der Waals surface area contributed by atoms with Crippen molar-refractivity contribution in [3.05, 3.63) is 0 Å². The highest BCUT2D eigenvalue weighted by molar-refractivity contribution is 5.47. The Morgan fingerprint density at radius 2 is 2.00 bits per heavy atom. The van der Waals surface area contributed by atoms with Gasteiger partial charge in [-0.05, 0) is 11.8 Å². The molecule has 82 valence electrons. The third kappa shape index (κ3) is 2.22. The van der Waals surface area contributed by atoms with Crippen LogP contribution in [-0.2, 0) is 4.79 Å². The van der Waals surface area contributed by atoms with Gasteiger partial charge in [0.25, 0.3) is 5.92 Å². The van der Waals surface area contributed by atoms with Gasteiger partial charge >= 0.3 is 0 Å². The molecular formula is C10H17F2NO. The van der Waals surface area contributed by atoms with E-state index in [-0.39, 0.29) is 0 Å². The summed E-state index contributed by atoms with van der Waals surface area (Å²) in [5, 5.41) is 0. The summed E-state index contributed by atoms with van der Waals surface area (Å²) in [6, 6.07) is 0. The van der Waals surface area contributed by atoms with Gasteiger partial charge in [0.2, 0.25) is 6.41 Å². The summed E-state index contributed by atoms with van der Waals surface area (Å²) in [5.74, 6) is -3.39. The fourth-order valence-electron chi connectivity index (χ4n) is 2.12. The SMILES string of the molecule is CC(C)(C)C1CCN(C=O)CC1(F)F. The first kappa shape index (κ1) is 11.4. The number of piperidine rings is 1. The van der Waals surface area contributed by atoms with Crippen LogP contribution in [0.3, 0.4) is 0 Å². The maximum atomic E-state index is 13.6. The number of amides is 1. The van der Waals surface area contributed by atoms with Gasteiger partial charge in [0, 0.05) is 12.5 Å². The molecule has 0 aliphatic carbocycles. The summed E-state index contributed by atoms with van der Waals surface area (Å²) in [6.07, 6.45) is 0.891. The maximum absolute atomic E-state index is 13.6. The Bertz CT molecular complexity index is 223. The maximum Gasteiger partial charge on any atom is 0.268 e. The van der Waals surface area contributed by atoms with E-state index >= 15 is 0 Å². The average molecular weight is 205 g/mol. The van der Waals surface area contributed by atoms with Crippen LogP contribution in [0.1, 0.15) is 27.2 Å². The molecule has 1 amide bonds. The first-order valence-electron chi connectivity index (χ1n) is 4.84. The molecular weight excluding hydrogens is 188 g/mol. The lowest BCUT2D eigenvalue weighted by Crippen LogP contribution is -2.51. The van der Waals surface area contributed by atoms with Crippen LogP contribution in [0, 0.1) is 11.3 Å². The van der Waals surface area contributed by atoms with Gasteiger partial charge in [-0.15, -0.1) is 0 Å². The number of hydrogen-bond acceptors (Lipinski definition) is 1. The second-order valence-corrected chi connectivity index (χ2v) is 5.04. The van der Waals surface area contributed by atoms with Crippen LogP contribution in [0.2, 0.25) is 0 Å². The minimum absolute atomic E-state index is 0.384. The molecule has 0 aromatic heterocycles. The van der Waals surface area contributed by atoms with Crippen LogP contribution >= 0.6 is 0 Å². The molecule has 1 fully saturated rings. The average Bonchev–Trinajstić information content (AvgIpc) is 1.99. The lowest BCUT2D eigenvalue weighted by Gasteiger charge is -2.43. The number of nitrogens with zero attached hydrogens (tertiary/aromatic N) is 1. The summed E-state index contributed by atoms with van der Waals surface area (Å²) >= 11 is 0. The second-order valence-electron chi connectivity index (χ2n) is 5.04. The zero-order valence-electron chi connectivity index (χ0n) is 8.89. The fraction of sp³-hybridized carbons (Fsp3) is 0.900. The predicted molar refractivity (Wildman–Crippen MR) is 50.1 cm³/mol. The van der Waals surface area contributed by atoms with Crippen molar-refractivity contribution in [1.82, 2.24) is 4.90 Å². The summed E-state index contributed by atoms with van der Waals surface area (Å²) in [4.78, 5) is 11.6. The largest absolute Gasteiger partial charge is 0.339 e. The molecule has 0 N–H and O–H groups in total. The molecule has 2 nitrogen and oxygen atoms in total. The molecule has 0 saturated carbocycles. The number of rotatable bonds is 1. The number of carbonyl (C=O) groups excluding carboxylic acids is 1. The van der Waals surface area contributed by atoms with Crippen molar-refractivity contribution in [2.75, 3.05) is 13.1 Å². The van der Waals surface area contributed by atoms with Crippen molar-refractivity contribution < 1.29 is 13.6 Å². The molecule has 1 atom stereocenters. The molecule has 4 heteroatoms. The first-order chi connectivity index (χ1) is 6.27. The van der Waals surface area contributed by atoms with Crippen LogP contribution in [0.25, 0.3) is 0 Å². The van der Waals surface area contributed by atoms with E-state index in [2.05, 4.69) is 0 Å². The number of carbonyl (C=O) groups is 1. The van der Waals surface area contributed by atoms with Crippen molar-refractivity contribution in [2.24, 2.45) is 11.3 Å². The van der Waals surface area contributed by atoms with E-state index in [0.717, 1.165) is 4.90 Å². The van der Waals surface area contributed by atoms with Gasteiger partial charge < -0.3 is 4.90 Å². The van der Waals surface area contributed by atoms with E-state index in [1.54, 1.807) is 0 Å². The minimum Gasteiger partial charge on any atom is -0.339 e. The monoisotopic (exact) mass is 205 g/mol. The number of likely N-dealkylation sites (tertiary alicyclic amines) is 1. The minimum atomic E-state index is -2.75. The van der Waals surface area contributed by atoms with Gasteiger partial charge in [-0.2, -0.15) is 0 Å². The Balaban J connectivity index is 2.78. The van der Waals surface area contributed by atoms with Crippen LogP contribution in [0.15, 0.2) is 0 Å². The van der Waals surface area contributed by atoms with E-state index in [1.165, 1.54) is 0 Å². The standard InChI is InChI=1S/C10H17F2NO/c1-9(2,3)8-4-5-13(7-14)6-10(8,11)12/h7-8H,4-6H2,1-3H3. The predicted octanol–water partition coefficient (Wildman–Crippen LogP) is 2.15. The highest BCUT2D eigenvalue weighted by Gasteiger charge is 2.49. The number of alkyl halides is 2. The van der Waals surface area contributed by atoms with Crippen molar-refractivity contribution in [3.8, 4) is 0 Å². The third-order valence-electron chi connectivity index (χ3n) is 2.82. The summed E-state index contributed by atoms with van der Waals surface area (Å²) in [6.45, 7) is 5.48. The molecule has 1 saturated heterocycles. The second kappa shape index (κ2) is 3.48. The Labute approximate surface area is 83.3 Å². The molecule has 14 heavy (non-hydrogen) atoms. The zero-order valence-corrected chi connectivity index (χ0v) is 8.89. The van der Waals surface area contributed by atoms with Crippen LogP contribution in [0.4, 0.5) is 8.78 Å². The van der Waals surface area contributed by atoms with Crippen LogP contribution in [0.5, 0.6) is 0 Å². The molecule has 0 spiro atoms. The quantitative estimate of drug-likeness (QED) is 0.601. The lowest BCUT2D eigenvalue weighted by atomic mass is 9.73. The first-order valence-corrected chi connectivity index (χ1v) is 4.84. The Morgan fingerprint density at radius 3 is 2.36 bits per heavy atom. The molecule has 1 aliphatic heterocycles. The van der Waals surface area contributed by atoms with Crippen LogP contribution < -0.4 is 0 Å². The Kier molecular flexibility index (Phi) is 2.83. The molecule has 1 heterocycles. The van der Waals surface area contributed by atoms with Gasteiger partial charge in [0.05, 0.1) is 6.54 Å². The third-order valence-corrected chi connectivity index (χ3v) is 2.82. The van der Waals surface area contributed by atoms with Crippen molar-refractivity contribution >= 4 is 6.41 Å². The van der Waals surface area contributed by atoms with E-state index in [9.17, 15) is 13.6 Å². The normalized spacial score (nSPS) is 27.5. The van der Waals surface area contributed by atoms with E-state index in [4.69, 9.17) is 0 Å². The molecule has 1 rings (SSSR count). The summed E-state index contributed by atoms with van der Waals surface area (Å²) in [7, 11) is 0. The van der Waals surface area contributed by atoms with Crippen molar-refractivity contribution in [1.29, 1.82) is 0 Å². The molecule has 0 radical (unpaired) electrons. The summed E-state index contributed by atoms with van der Waals surface area (Å²) < 4.78 is 27.2. The smallest absolute Gasteiger partial charge is 0.268 e. The highest BCUT2D eigenvalue weighted by Crippen LogP contribution is 2.43. The van der Waals surface area contributed by atoms with Gasteiger partial charge in [-0.25, -0.2) is 8.78 Å². The molecule has 1 unspecified atom stereocenters. The van der Waals surface area contributed by atoms with Crippen LogP contribution in [-0.4, -0.2) is 30.3 Å². The Morgan fingerprint density at radius 1 is 1.43 bits per heavy atom. The fourth-order valence-corrected chi connectivity index (χ4v) is 2.12. The zero-order chi connectivity index (χ0) is 11.0. The van der Waals surface area contributed by atoms with Gasteiger partial charge in [0.15, 0.2) is 0 Å². The van der Waals surface area contributed by atoms with E-state index in [0.29, 0.717) is 19.4 Å². The molecule has 0 aromatic rings. The van der Waals surface area contributed by atoms with Crippen molar-refractivity contribution in [2.45, 2.75) is 33.1 Å². The van der Waals surface area contributed by atoms with E-state index < -0.39 is 23.8 Å². The van der Waals surface area contributed by atoms with Gasteiger partial charge in [-0.3, -0.25) is 4.79 Å². The molecule has 1 aliphatic rings. The topological polar surface area (TPSA) is 20.3 Å². The molecule has 0 bridgehead atoms. The number of hydrogen-bond donors (Lipinski definition) is 0. The summed E-state index contributed by atoms with van der Waals surface area (Å²) in [5.41, 5.74) is -0.404. The van der Waals surface area contributed by atoms with E-state index in [1.807, 2.05) is 20.8 Å². The van der Waals surface area contributed by atoms with Gasteiger partial charge in [0.1, 0.15) is 0 Å². The Hall–Kier alpha value is -0.670.